The minimum absolute atomic E-state index is 0.255. The second kappa shape index (κ2) is 9.34. The summed E-state index contributed by atoms with van der Waals surface area (Å²) in [5.41, 5.74) is 0.936. The maximum absolute atomic E-state index is 10.9. The van der Waals surface area contributed by atoms with Crippen LogP contribution in [-0.2, 0) is 25.6 Å². The molecule has 6 atom stereocenters. The van der Waals surface area contributed by atoms with E-state index in [1.54, 1.807) is 13.2 Å². The fraction of sp³-hybridized carbons (Fsp3) is 0.652. The van der Waals surface area contributed by atoms with Gasteiger partial charge in [0.05, 0.1) is 20.3 Å². The molecule has 1 aliphatic heterocycles. The molecular weight excluding hydrogens is 388 g/mol. The van der Waals surface area contributed by atoms with Crippen LogP contribution < -0.4 is 4.74 Å². The van der Waals surface area contributed by atoms with Crippen molar-refractivity contribution in [1.29, 1.82) is 0 Å². The van der Waals surface area contributed by atoms with Crippen molar-refractivity contribution in [2.24, 2.45) is 0 Å². The summed E-state index contributed by atoms with van der Waals surface area (Å²) >= 11 is 0. The van der Waals surface area contributed by atoms with Gasteiger partial charge in [-0.3, -0.25) is 0 Å². The van der Waals surface area contributed by atoms with Crippen LogP contribution in [0.3, 0.4) is 0 Å². The van der Waals surface area contributed by atoms with Gasteiger partial charge < -0.3 is 33.9 Å². The SMILES string of the molecule is C=CCO[C@H]1[C@@H](O)[C@H](O)[C@@H](OCc2ccc(OC)cc2)[C@@H]2OC3(CCCCC3)O[C@@H]21. The number of aliphatic hydroxyl groups excluding tert-OH is 2. The van der Waals surface area contributed by atoms with Crippen molar-refractivity contribution in [3.05, 3.63) is 42.5 Å². The highest BCUT2D eigenvalue weighted by Crippen LogP contribution is 2.46. The molecule has 3 aliphatic rings. The first kappa shape index (κ1) is 21.7. The molecule has 166 valence electrons. The maximum atomic E-state index is 10.9. The van der Waals surface area contributed by atoms with Crippen molar-refractivity contribution in [2.75, 3.05) is 13.7 Å². The van der Waals surface area contributed by atoms with E-state index in [4.69, 9.17) is 23.7 Å². The molecule has 4 rings (SSSR count). The van der Waals surface area contributed by atoms with Crippen molar-refractivity contribution in [3.8, 4) is 5.75 Å². The lowest BCUT2D eigenvalue weighted by molar-refractivity contribution is -0.219. The molecule has 1 heterocycles. The molecule has 2 aliphatic carbocycles. The van der Waals surface area contributed by atoms with Crippen LogP contribution in [0, 0.1) is 0 Å². The first-order chi connectivity index (χ1) is 14.6. The van der Waals surface area contributed by atoms with E-state index in [0.717, 1.165) is 43.4 Å². The van der Waals surface area contributed by atoms with Gasteiger partial charge in [-0.05, 0) is 30.5 Å². The zero-order valence-electron chi connectivity index (χ0n) is 17.4. The summed E-state index contributed by atoms with van der Waals surface area (Å²) in [5.74, 6) is 0.0791. The summed E-state index contributed by atoms with van der Waals surface area (Å²) < 4.78 is 29.9. The van der Waals surface area contributed by atoms with E-state index >= 15 is 0 Å². The number of hydrogen-bond donors (Lipinski definition) is 2. The summed E-state index contributed by atoms with van der Waals surface area (Å²) in [6.07, 6.45) is 1.67. The van der Waals surface area contributed by atoms with Crippen molar-refractivity contribution in [2.45, 2.75) is 81.1 Å². The van der Waals surface area contributed by atoms with Crippen LogP contribution in [0.4, 0.5) is 0 Å². The number of ether oxygens (including phenoxy) is 5. The Morgan fingerprint density at radius 2 is 1.60 bits per heavy atom. The second-order valence-corrected chi connectivity index (χ2v) is 8.33. The summed E-state index contributed by atoms with van der Waals surface area (Å²) in [6, 6.07) is 7.54. The van der Waals surface area contributed by atoms with Crippen LogP contribution >= 0.6 is 0 Å². The van der Waals surface area contributed by atoms with E-state index in [1.807, 2.05) is 24.3 Å². The lowest BCUT2D eigenvalue weighted by atomic mass is 9.84. The molecule has 0 radical (unpaired) electrons. The Bertz CT molecular complexity index is 700. The van der Waals surface area contributed by atoms with E-state index in [1.165, 1.54) is 0 Å². The van der Waals surface area contributed by atoms with Gasteiger partial charge in [-0.15, -0.1) is 6.58 Å². The van der Waals surface area contributed by atoms with Crippen LogP contribution in [0.1, 0.15) is 37.7 Å². The Balaban J connectivity index is 1.52. The number of rotatable bonds is 7. The standard InChI is InChI=1S/C23H32O7/c1-3-13-27-19-17(24)18(25)20(28-14-15-7-9-16(26-2)10-8-15)22-21(19)29-23(30-22)11-5-4-6-12-23/h3,7-10,17-22,24-25H,1,4-6,11-14H2,2H3/t17-,18-,19-,20+,21+,22-/m0/s1. The topological polar surface area (TPSA) is 86.6 Å². The number of hydrogen-bond acceptors (Lipinski definition) is 7. The molecular formula is C23H32O7. The minimum atomic E-state index is -1.15. The van der Waals surface area contributed by atoms with Crippen LogP contribution in [0.15, 0.2) is 36.9 Å². The molecule has 2 saturated carbocycles. The molecule has 3 fully saturated rings. The predicted molar refractivity (Wildman–Crippen MR) is 109 cm³/mol. The first-order valence-electron chi connectivity index (χ1n) is 10.8. The summed E-state index contributed by atoms with van der Waals surface area (Å²) in [4.78, 5) is 0. The van der Waals surface area contributed by atoms with E-state index in [9.17, 15) is 10.2 Å². The Morgan fingerprint density at radius 3 is 2.17 bits per heavy atom. The molecule has 0 unspecified atom stereocenters. The molecule has 0 bridgehead atoms. The van der Waals surface area contributed by atoms with Crippen molar-refractivity contribution in [1.82, 2.24) is 0 Å². The van der Waals surface area contributed by atoms with E-state index < -0.39 is 42.4 Å². The average Bonchev–Trinajstić information content (AvgIpc) is 3.12. The normalized spacial score (nSPS) is 35.2. The Labute approximate surface area is 177 Å². The highest BCUT2D eigenvalue weighted by molar-refractivity contribution is 5.26. The van der Waals surface area contributed by atoms with Gasteiger partial charge in [-0.25, -0.2) is 0 Å². The van der Waals surface area contributed by atoms with Crippen molar-refractivity contribution < 1.29 is 33.9 Å². The molecule has 7 heteroatoms. The summed E-state index contributed by atoms with van der Waals surface area (Å²) in [5, 5.41) is 21.7. The fourth-order valence-corrected chi connectivity index (χ4v) is 4.75. The first-order valence-corrected chi connectivity index (χ1v) is 10.8. The fourth-order valence-electron chi connectivity index (χ4n) is 4.75. The van der Waals surface area contributed by atoms with Crippen LogP contribution in [0.25, 0.3) is 0 Å². The second-order valence-electron chi connectivity index (χ2n) is 8.33. The van der Waals surface area contributed by atoms with Gasteiger partial charge in [0.15, 0.2) is 5.79 Å². The molecule has 30 heavy (non-hydrogen) atoms. The third-order valence-corrected chi connectivity index (χ3v) is 6.32. The van der Waals surface area contributed by atoms with Crippen molar-refractivity contribution in [3.63, 3.8) is 0 Å². The lowest BCUT2D eigenvalue weighted by Crippen LogP contribution is -2.64. The zero-order valence-corrected chi connectivity index (χ0v) is 17.4. The van der Waals surface area contributed by atoms with Crippen LogP contribution in [0.2, 0.25) is 0 Å². The molecule has 1 aromatic carbocycles. The van der Waals surface area contributed by atoms with Gasteiger partial charge in [0.2, 0.25) is 0 Å². The van der Waals surface area contributed by atoms with E-state index in [0.29, 0.717) is 0 Å². The highest BCUT2D eigenvalue weighted by atomic mass is 16.8. The van der Waals surface area contributed by atoms with Gasteiger partial charge in [0, 0.05) is 12.8 Å². The third kappa shape index (κ3) is 4.28. The average molecular weight is 421 g/mol. The molecule has 1 aromatic rings. The summed E-state index contributed by atoms with van der Waals surface area (Å²) in [7, 11) is 1.62. The Morgan fingerprint density at radius 1 is 1.00 bits per heavy atom. The van der Waals surface area contributed by atoms with Gasteiger partial charge in [0.1, 0.15) is 42.4 Å². The van der Waals surface area contributed by atoms with Gasteiger partial charge >= 0.3 is 0 Å². The quantitative estimate of drug-likeness (QED) is 0.655. The Hall–Kier alpha value is -1.48. The maximum Gasteiger partial charge on any atom is 0.169 e. The molecule has 1 spiro atoms. The third-order valence-electron chi connectivity index (χ3n) is 6.32. The largest absolute Gasteiger partial charge is 0.497 e. The van der Waals surface area contributed by atoms with Gasteiger partial charge in [-0.2, -0.15) is 0 Å². The molecule has 2 N–H and O–H groups in total. The number of aliphatic hydroxyl groups is 2. The van der Waals surface area contributed by atoms with Crippen LogP contribution in [-0.4, -0.2) is 66.3 Å². The molecule has 0 amide bonds. The number of methoxy groups -OCH3 is 1. The smallest absolute Gasteiger partial charge is 0.169 e. The van der Waals surface area contributed by atoms with E-state index in [-0.39, 0.29) is 13.2 Å². The highest BCUT2D eigenvalue weighted by Gasteiger charge is 2.61. The van der Waals surface area contributed by atoms with Crippen LogP contribution in [0.5, 0.6) is 5.75 Å². The molecule has 0 aromatic heterocycles. The monoisotopic (exact) mass is 420 g/mol. The molecule has 1 saturated heterocycles. The predicted octanol–water partition coefficient (Wildman–Crippen LogP) is 2.33. The van der Waals surface area contributed by atoms with Gasteiger partial charge in [0.25, 0.3) is 0 Å². The number of benzene rings is 1. The van der Waals surface area contributed by atoms with Crippen molar-refractivity contribution >= 4 is 0 Å². The summed E-state index contributed by atoms with van der Waals surface area (Å²) in [6.45, 7) is 4.20. The number of fused-ring (bicyclic) bond motifs is 1. The minimum Gasteiger partial charge on any atom is -0.497 e. The van der Waals surface area contributed by atoms with E-state index in [2.05, 4.69) is 6.58 Å². The molecule has 7 nitrogen and oxygen atoms in total. The zero-order chi connectivity index (χ0) is 21.1. The lowest BCUT2D eigenvalue weighted by Gasteiger charge is -2.42. The van der Waals surface area contributed by atoms with Gasteiger partial charge in [-0.1, -0.05) is 24.6 Å². The Kier molecular flexibility index (Phi) is 6.77.